The van der Waals surface area contributed by atoms with Gasteiger partial charge in [0, 0.05) is 25.6 Å². The topological polar surface area (TPSA) is 66.5 Å². The lowest BCUT2D eigenvalue weighted by Crippen LogP contribution is -2.36. The Labute approximate surface area is 161 Å². The molecule has 0 unspecified atom stereocenters. The Bertz CT molecular complexity index is 908. The number of rotatable bonds is 6. The summed E-state index contributed by atoms with van der Waals surface area (Å²) in [4.78, 5) is 14.7. The lowest BCUT2D eigenvalue weighted by Gasteiger charge is -2.29. The van der Waals surface area contributed by atoms with Gasteiger partial charge in [-0.2, -0.15) is 0 Å². The third-order valence-corrected chi connectivity index (χ3v) is 6.37. The van der Waals surface area contributed by atoms with Crippen LogP contribution in [0.25, 0.3) is 0 Å². The van der Waals surface area contributed by atoms with E-state index in [2.05, 4.69) is 4.72 Å². The Morgan fingerprint density at radius 2 is 1.85 bits per heavy atom. The van der Waals surface area contributed by atoms with Crippen molar-refractivity contribution in [3.8, 4) is 0 Å². The van der Waals surface area contributed by atoms with Gasteiger partial charge in [-0.25, -0.2) is 13.1 Å². The Kier molecular flexibility index (Phi) is 5.97. The molecule has 0 aromatic heterocycles. The van der Waals surface area contributed by atoms with Gasteiger partial charge in [-0.1, -0.05) is 36.4 Å². The first-order valence-electron chi connectivity index (χ1n) is 9.31. The van der Waals surface area contributed by atoms with Crippen molar-refractivity contribution in [1.82, 2.24) is 9.62 Å². The van der Waals surface area contributed by atoms with Crippen molar-refractivity contribution in [1.29, 1.82) is 0 Å². The highest BCUT2D eigenvalue weighted by atomic mass is 32.2. The van der Waals surface area contributed by atoms with E-state index in [-0.39, 0.29) is 16.8 Å². The Hall–Kier alpha value is -2.18. The summed E-state index contributed by atoms with van der Waals surface area (Å²) in [6.45, 7) is 4.73. The van der Waals surface area contributed by atoms with Crippen LogP contribution in [0.4, 0.5) is 0 Å². The summed E-state index contributed by atoms with van der Waals surface area (Å²) in [6.07, 6.45) is 1.94. The molecule has 0 saturated heterocycles. The second-order valence-electron chi connectivity index (χ2n) is 7.26. The number of fused-ring (bicyclic) bond motifs is 1. The maximum absolute atomic E-state index is 12.6. The largest absolute Gasteiger partial charge is 0.338 e. The molecule has 0 spiro atoms. The normalized spacial score (nSPS) is 14.3. The average molecular weight is 387 g/mol. The minimum absolute atomic E-state index is 0.109. The smallest absolute Gasteiger partial charge is 0.240 e. The number of nitrogens with zero attached hydrogens (tertiary/aromatic N) is 1. The van der Waals surface area contributed by atoms with Crippen molar-refractivity contribution >= 4 is 15.9 Å². The molecule has 0 atom stereocenters. The summed E-state index contributed by atoms with van der Waals surface area (Å²) in [5.41, 5.74) is 3.18. The van der Waals surface area contributed by atoms with Crippen LogP contribution in [0.5, 0.6) is 0 Å². The SMILES string of the molecule is CC(C)NS(=O)(=O)c1ccc2c(c1)CN(C(=O)CCc1ccccc1)CC2. The number of hydrogen-bond acceptors (Lipinski definition) is 3. The molecule has 5 nitrogen and oxygen atoms in total. The summed E-state index contributed by atoms with van der Waals surface area (Å²) < 4.78 is 27.4. The lowest BCUT2D eigenvalue weighted by atomic mass is 9.99. The van der Waals surface area contributed by atoms with Crippen LogP contribution >= 0.6 is 0 Å². The van der Waals surface area contributed by atoms with E-state index >= 15 is 0 Å². The van der Waals surface area contributed by atoms with E-state index in [1.807, 2.05) is 41.3 Å². The summed E-state index contributed by atoms with van der Waals surface area (Å²) in [5, 5.41) is 0. The molecule has 2 aromatic rings. The highest BCUT2D eigenvalue weighted by molar-refractivity contribution is 7.89. The summed E-state index contributed by atoms with van der Waals surface area (Å²) in [6, 6.07) is 15.0. The first-order chi connectivity index (χ1) is 12.8. The number of aryl methyl sites for hydroxylation is 1. The van der Waals surface area contributed by atoms with Gasteiger partial charge in [-0.05, 0) is 55.5 Å². The lowest BCUT2D eigenvalue weighted by molar-refractivity contribution is -0.132. The van der Waals surface area contributed by atoms with Crippen LogP contribution < -0.4 is 4.72 Å². The van der Waals surface area contributed by atoms with E-state index in [1.165, 1.54) is 0 Å². The van der Waals surface area contributed by atoms with Crippen molar-refractivity contribution in [2.24, 2.45) is 0 Å². The molecular weight excluding hydrogens is 360 g/mol. The molecule has 1 N–H and O–H groups in total. The van der Waals surface area contributed by atoms with E-state index in [1.54, 1.807) is 26.0 Å². The number of carbonyl (C=O) groups is 1. The first-order valence-corrected chi connectivity index (χ1v) is 10.8. The Morgan fingerprint density at radius 1 is 1.11 bits per heavy atom. The first kappa shape index (κ1) is 19.6. The monoisotopic (exact) mass is 386 g/mol. The molecule has 6 heteroatoms. The molecule has 0 bridgehead atoms. The van der Waals surface area contributed by atoms with Crippen molar-refractivity contribution < 1.29 is 13.2 Å². The maximum Gasteiger partial charge on any atom is 0.240 e. The fourth-order valence-corrected chi connectivity index (χ4v) is 4.65. The van der Waals surface area contributed by atoms with Gasteiger partial charge in [0.05, 0.1) is 4.90 Å². The van der Waals surface area contributed by atoms with Gasteiger partial charge in [-0.15, -0.1) is 0 Å². The van der Waals surface area contributed by atoms with Gasteiger partial charge in [0.15, 0.2) is 0 Å². The molecule has 144 valence electrons. The van der Waals surface area contributed by atoms with Crippen LogP contribution in [-0.4, -0.2) is 31.8 Å². The molecule has 1 amide bonds. The van der Waals surface area contributed by atoms with Crippen LogP contribution in [0.3, 0.4) is 0 Å². The van der Waals surface area contributed by atoms with E-state index < -0.39 is 10.0 Å². The number of hydrogen-bond donors (Lipinski definition) is 1. The van der Waals surface area contributed by atoms with E-state index in [0.717, 1.165) is 29.5 Å². The standard InChI is InChI=1S/C21H26N2O3S/c1-16(2)22-27(25,26)20-10-9-18-12-13-23(15-19(18)14-20)21(24)11-8-17-6-4-3-5-7-17/h3-7,9-10,14,16,22H,8,11-13,15H2,1-2H3. The minimum atomic E-state index is -3.53. The molecule has 0 aliphatic carbocycles. The van der Waals surface area contributed by atoms with E-state index in [0.29, 0.717) is 19.5 Å². The molecule has 2 aromatic carbocycles. The average Bonchev–Trinajstić information content (AvgIpc) is 2.65. The Morgan fingerprint density at radius 3 is 2.56 bits per heavy atom. The summed E-state index contributed by atoms with van der Waals surface area (Å²) in [5.74, 6) is 0.109. The zero-order chi connectivity index (χ0) is 19.4. The van der Waals surface area contributed by atoms with Crippen LogP contribution in [0.15, 0.2) is 53.4 Å². The van der Waals surface area contributed by atoms with Gasteiger partial charge in [0.2, 0.25) is 15.9 Å². The number of benzene rings is 2. The minimum Gasteiger partial charge on any atom is -0.338 e. The molecule has 3 rings (SSSR count). The predicted octanol–water partition coefficient (Wildman–Crippen LogP) is 2.89. The van der Waals surface area contributed by atoms with Gasteiger partial charge in [0.1, 0.15) is 0 Å². The molecule has 1 aliphatic rings. The summed E-state index contributed by atoms with van der Waals surface area (Å²) in [7, 11) is -3.53. The zero-order valence-electron chi connectivity index (χ0n) is 15.8. The number of nitrogens with one attached hydrogen (secondary N) is 1. The van der Waals surface area contributed by atoms with Crippen LogP contribution in [0.1, 0.15) is 37.0 Å². The number of carbonyl (C=O) groups excluding carboxylic acids is 1. The highest BCUT2D eigenvalue weighted by Gasteiger charge is 2.23. The molecular formula is C21H26N2O3S. The van der Waals surface area contributed by atoms with Crippen molar-refractivity contribution in [2.75, 3.05) is 6.54 Å². The molecule has 0 radical (unpaired) electrons. The Balaban J connectivity index is 1.69. The second-order valence-corrected chi connectivity index (χ2v) is 8.97. The fraction of sp³-hybridized carbons (Fsp3) is 0.381. The quantitative estimate of drug-likeness (QED) is 0.830. The van der Waals surface area contributed by atoms with Gasteiger partial charge in [0.25, 0.3) is 0 Å². The third-order valence-electron chi connectivity index (χ3n) is 4.71. The van der Waals surface area contributed by atoms with E-state index in [4.69, 9.17) is 0 Å². The second kappa shape index (κ2) is 8.23. The van der Waals surface area contributed by atoms with Gasteiger partial charge in [-0.3, -0.25) is 4.79 Å². The summed E-state index contributed by atoms with van der Waals surface area (Å²) >= 11 is 0. The molecule has 1 aliphatic heterocycles. The predicted molar refractivity (Wildman–Crippen MR) is 106 cm³/mol. The van der Waals surface area contributed by atoms with Crippen molar-refractivity contribution in [3.05, 3.63) is 65.2 Å². The highest BCUT2D eigenvalue weighted by Crippen LogP contribution is 2.23. The van der Waals surface area contributed by atoms with Crippen LogP contribution in [0, 0.1) is 0 Å². The van der Waals surface area contributed by atoms with Gasteiger partial charge >= 0.3 is 0 Å². The third kappa shape index (κ3) is 4.96. The fourth-order valence-electron chi connectivity index (χ4n) is 3.35. The van der Waals surface area contributed by atoms with E-state index in [9.17, 15) is 13.2 Å². The molecule has 27 heavy (non-hydrogen) atoms. The van der Waals surface area contributed by atoms with Crippen LogP contribution in [0.2, 0.25) is 0 Å². The number of amides is 1. The molecule has 0 fully saturated rings. The van der Waals surface area contributed by atoms with Crippen molar-refractivity contribution in [3.63, 3.8) is 0 Å². The number of sulfonamides is 1. The molecule has 1 heterocycles. The molecule has 0 saturated carbocycles. The van der Waals surface area contributed by atoms with Crippen LogP contribution in [-0.2, 0) is 34.2 Å². The maximum atomic E-state index is 12.6. The van der Waals surface area contributed by atoms with Crippen molar-refractivity contribution in [2.45, 2.75) is 50.6 Å². The zero-order valence-corrected chi connectivity index (χ0v) is 16.6. The van der Waals surface area contributed by atoms with Gasteiger partial charge < -0.3 is 4.90 Å².